The van der Waals surface area contributed by atoms with E-state index in [9.17, 15) is 43.9 Å². The van der Waals surface area contributed by atoms with E-state index in [1.165, 1.54) is 20.8 Å². The smallest absolute Gasteiger partial charge is 0.416 e. The molecule has 0 spiro atoms. The average Bonchev–Trinajstić information content (AvgIpc) is 2.79. The summed E-state index contributed by atoms with van der Waals surface area (Å²) in [6.07, 6.45) is -20.5. The fourth-order valence-corrected chi connectivity index (χ4v) is 4.61. The summed E-state index contributed by atoms with van der Waals surface area (Å²) >= 11 is 0. The van der Waals surface area contributed by atoms with Gasteiger partial charge in [-0.05, 0) is 45.9 Å². The lowest BCUT2D eigenvalue weighted by molar-refractivity contribution is -0.143. The van der Waals surface area contributed by atoms with Gasteiger partial charge in [0.25, 0.3) is 0 Å². The van der Waals surface area contributed by atoms with Crippen molar-refractivity contribution in [3.8, 4) is 0 Å². The lowest BCUT2D eigenvalue weighted by Gasteiger charge is -2.46. The van der Waals surface area contributed by atoms with Gasteiger partial charge in [-0.2, -0.15) is 50.4 Å². The summed E-state index contributed by atoms with van der Waals surface area (Å²) in [5.41, 5.74) is -7.75. The number of hydrogen-bond donors (Lipinski definition) is 0. The van der Waals surface area contributed by atoms with E-state index in [1.54, 1.807) is 0 Å². The minimum atomic E-state index is -5.32. The van der Waals surface area contributed by atoms with Crippen molar-refractivity contribution in [1.82, 2.24) is 0 Å². The van der Waals surface area contributed by atoms with Crippen LogP contribution in [0.25, 0.3) is 0 Å². The van der Waals surface area contributed by atoms with E-state index < -0.39 is 81.3 Å². The molecular weight excluding hydrogens is 548 g/mol. The number of aryl methyl sites for hydroxylation is 1. The van der Waals surface area contributed by atoms with Crippen LogP contribution >= 0.6 is 0 Å². The Labute approximate surface area is 216 Å². The summed E-state index contributed by atoms with van der Waals surface area (Å²) in [4.78, 5) is 0. The molecule has 1 nitrogen and oxygen atoms in total. The first-order valence-electron chi connectivity index (χ1n) is 11.4. The Bertz CT molecular complexity index is 1340. The van der Waals surface area contributed by atoms with Crippen LogP contribution in [0.15, 0.2) is 48.5 Å². The number of benzene rings is 3. The zero-order valence-corrected chi connectivity index (χ0v) is 20.8. The van der Waals surface area contributed by atoms with Crippen molar-refractivity contribution in [2.24, 2.45) is 0 Å². The minimum absolute atomic E-state index is 0.0827. The Morgan fingerprint density at radius 1 is 0.641 bits per heavy atom. The van der Waals surface area contributed by atoms with Gasteiger partial charge in [0.05, 0.1) is 22.5 Å². The van der Waals surface area contributed by atoms with Crippen LogP contribution in [0.2, 0.25) is 0 Å². The predicted molar refractivity (Wildman–Crippen MR) is 125 cm³/mol. The molecule has 39 heavy (non-hydrogen) atoms. The average molecular weight is 569 g/mol. The van der Waals surface area contributed by atoms with E-state index in [-0.39, 0.29) is 23.8 Å². The first kappa shape index (κ1) is 30.5. The van der Waals surface area contributed by atoms with E-state index >= 15 is 4.39 Å². The van der Waals surface area contributed by atoms with E-state index in [0.717, 1.165) is 19.1 Å². The predicted octanol–water partition coefficient (Wildman–Crippen LogP) is 7.03. The van der Waals surface area contributed by atoms with E-state index in [2.05, 4.69) is 0 Å². The molecule has 0 saturated heterocycles. The minimum Gasteiger partial charge on any atom is -0.577 e. The monoisotopic (exact) mass is 569 g/mol. The fraction of sp³-hybridized carbons (Fsp3) is 0.308. The molecule has 0 aliphatic rings. The van der Waals surface area contributed by atoms with Crippen molar-refractivity contribution in [2.75, 3.05) is 0 Å². The third kappa shape index (κ3) is 6.07. The normalized spacial score (nSPS) is 14.6. The van der Waals surface area contributed by atoms with Crippen LogP contribution < -0.4 is 16.4 Å². The molecule has 13 heteroatoms. The third-order valence-electron chi connectivity index (χ3n) is 6.24. The van der Waals surface area contributed by atoms with Crippen molar-refractivity contribution >= 4 is 22.7 Å². The van der Waals surface area contributed by atoms with Crippen LogP contribution in [0.5, 0.6) is 0 Å². The Morgan fingerprint density at radius 3 is 1.51 bits per heavy atom. The van der Waals surface area contributed by atoms with Gasteiger partial charge in [-0.1, -0.05) is 35.9 Å². The molecule has 3 rings (SSSR count). The van der Waals surface area contributed by atoms with E-state index in [0.29, 0.717) is 18.2 Å². The highest BCUT2D eigenvalue weighted by atomic mass is 19.4. The molecule has 0 amide bonds. The van der Waals surface area contributed by atoms with Crippen molar-refractivity contribution < 1.29 is 52.9 Å². The summed E-state index contributed by atoms with van der Waals surface area (Å²) in [7, 11) is 0. The van der Waals surface area contributed by atoms with Crippen LogP contribution in [-0.2, 0) is 23.2 Å². The Balaban J connectivity index is 2.65. The molecule has 0 aliphatic heterocycles. The lowest BCUT2D eigenvalue weighted by atomic mass is 9.27. The number of rotatable bonds is 5. The molecule has 1 unspecified atom stereocenters. The molecule has 0 aromatic heterocycles. The molecule has 212 valence electrons. The van der Waals surface area contributed by atoms with E-state index in [1.807, 2.05) is 0 Å². The summed E-state index contributed by atoms with van der Waals surface area (Å²) in [5, 5.41) is 0. The van der Waals surface area contributed by atoms with E-state index in [4.69, 9.17) is 4.65 Å². The second-order valence-corrected chi connectivity index (χ2v) is 9.52. The van der Waals surface area contributed by atoms with Gasteiger partial charge in [0.1, 0.15) is 5.82 Å². The first-order chi connectivity index (χ1) is 17.7. The molecular formula is C26H21BF11O-. The molecule has 0 bridgehead atoms. The van der Waals surface area contributed by atoms with Gasteiger partial charge in [0.15, 0.2) is 0 Å². The molecule has 0 aliphatic carbocycles. The fourth-order valence-electron chi connectivity index (χ4n) is 4.61. The largest absolute Gasteiger partial charge is 0.577 e. The maximum absolute atomic E-state index is 15.7. The first-order valence-corrected chi connectivity index (χ1v) is 11.4. The summed E-state index contributed by atoms with van der Waals surface area (Å²) in [5.74, 6) is -2.48. The molecule has 0 N–H and O–H groups in total. The van der Waals surface area contributed by atoms with Crippen LogP contribution in [0.1, 0.15) is 41.7 Å². The van der Waals surface area contributed by atoms with Crippen molar-refractivity contribution in [3.63, 3.8) is 0 Å². The summed E-state index contributed by atoms with van der Waals surface area (Å²) < 4.78 is 160. The van der Waals surface area contributed by atoms with Gasteiger partial charge < -0.3 is 4.65 Å². The van der Waals surface area contributed by atoms with Crippen molar-refractivity contribution in [1.29, 1.82) is 0 Å². The molecule has 3 aromatic carbocycles. The van der Waals surface area contributed by atoms with Crippen molar-refractivity contribution in [2.45, 2.75) is 52.3 Å². The standard InChI is InChI=1S/C26H21BF11O/c1-13(2)39-27(21-5-6-22(28)15(4)23(21)29,19-8-14(3)7-16(10-19)24(30,31)32)20-11-17(25(33,34)35)9-18(12-20)26(36,37)38/h5-13H,1-4H3/q-1. The maximum atomic E-state index is 15.7. The quantitative estimate of drug-likeness (QED) is 0.237. The maximum Gasteiger partial charge on any atom is 0.416 e. The molecule has 0 radical (unpaired) electrons. The molecule has 0 saturated carbocycles. The molecule has 1 atom stereocenters. The van der Waals surface area contributed by atoms with Gasteiger partial charge in [-0.3, -0.25) is 0 Å². The second-order valence-electron chi connectivity index (χ2n) is 9.52. The highest BCUT2D eigenvalue weighted by molar-refractivity contribution is 7.07. The zero-order chi connectivity index (χ0) is 29.7. The Morgan fingerprint density at radius 2 is 1.08 bits per heavy atom. The van der Waals surface area contributed by atoms with Gasteiger partial charge in [-0.25, -0.2) is 8.78 Å². The summed E-state index contributed by atoms with van der Waals surface area (Å²) in [6, 6.07) is 4.12. The Hall–Kier alpha value is -3.09. The van der Waals surface area contributed by atoms with Gasteiger partial charge >= 0.3 is 18.5 Å². The number of halogens is 11. The highest BCUT2D eigenvalue weighted by Gasteiger charge is 2.42. The highest BCUT2D eigenvalue weighted by Crippen LogP contribution is 2.36. The third-order valence-corrected chi connectivity index (χ3v) is 6.24. The second kappa shape index (κ2) is 10.1. The van der Waals surface area contributed by atoms with Gasteiger partial charge in [-0.15, -0.1) is 5.46 Å². The number of alkyl halides is 9. The summed E-state index contributed by atoms with van der Waals surface area (Å²) in [6.45, 7) is 4.83. The van der Waals surface area contributed by atoms with Crippen LogP contribution in [-0.4, -0.2) is 12.5 Å². The van der Waals surface area contributed by atoms with Gasteiger partial charge in [0.2, 0.25) is 6.35 Å². The van der Waals surface area contributed by atoms with Crippen molar-refractivity contribution in [3.05, 3.63) is 88.0 Å². The zero-order valence-electron chi connectivity index (χ0n) is 20.8. The Kier molecular flexibility index (Phi) is 7.92. The van der Waals surface area contributed by atoms with Crippen LogP contribution in [0, 0.1) is 25.5 Å². The topological polar surface area (TPSA) is 9.23 Å². The SMILES string of the molecule is Cc1cc([B-](OC(C)C)(c2cc(C(F)(F)F)cc(C(F)(F)F)c2)c2ccc(F)c(C)c2F)cc(C(F)(F)F)c1. The number of hydrogen-bond acceptors (Lipinski definition) is 1. The van der Waals surface area contributed by atoms with Crippen LogP contribution in [0.3, 0.4) is 0 Å². The van der Waals surface area contributed by atoms with Gasteiger partial charge in [0, 0.05) is 11.7 Å². The van der Waals surface area contributed by atoms with Crippen LogP contribution in [0.4, 0.5) is 48.3 Å². The molecule has 0 heterocycles. The lowest BCUT2D eigenvalue weighted by Crippen LogP contribution is -2.71. The molecule has 3 aromatic rings. The molecule has 0 fully saturated rings.